The fraction of sp³-hybridized carbons (Fsp3) is 0.400. The van der Waals surface area contributed by atoms with Crippen molar-refractivity contribution in [3.63, 3.8) is 0 Å². The topological polar surface area (TPSA) is 47.4 Å². The Morgan fingerprint density at radius 2 is 2.28 bits per heavy atom. The van der Waals surface area contributed by atoms with Gasteiger partial charge in [0.1, 0.15) is 5.82 Å². The van der Waals surface area contributed by atoms with Crippen molar-refractivity contribution >= 4 is 11.7 Å². The van der Waals surface area contributed by atoms with Gasteiger partial charge < -0.3 is 4.74 Å². The normalized spacial score (nSPS) is 13.6. The predicted octanol–water partition coefficient (Wildman–Crippen LogP) is 3.33. The van der Waals surface area contributed by atoms with Crippen LogP contribution in [0.2, 0.25) is 0 Å². The lowest BCUT2D eigenvalue weighted by Crippen LogP contribution is -2.32. The summed E-state index contributed by atoms with van der Waals surface area (Å²) < 4.78 is 7.44. The fourth-order valence-electron chi connectivity index (χ4n) is 3.24. The summed E-state index contributed by atoms with van der Waals surface area (Å²) in [4.78, 5) is 14.3. The lowest BCUT2D eigenvalue weighted by atomic mass is 9.97. The molecular weight excluding hydrogens is 314 g/mol. The first-order valence-electron chi connectivity index (χ1n) is 8.73. The molecule has 1 aromatic carbocycles. The first kappa shape index (κ1) is 17.4. The van der Waals surface area contributed by atoms with Crippen LogP contribution in [0.15, 0.2) is 43.1 Å². The second-order valence-electron chi connectivity index (χ2n) is 6.75. The monoisotopic (exact) mass is 339 g/mol. The summed E-state index contributed by atoms with van der Waals surface area (Å²) in [7, 11) is 0. The molecule has 3 rings (SSSR count). The number of carbonyl (C=O) groups excluding carboxylic acids is 1. The minimum Gasteiger partial charge on any atom is -0.376 e. The Kier molecular flexibility index (Phi) is 5.34. The summed E-state index contributed by atoms with van der Waals surface area (Å²) in [6.07, 6.45) is 3.99. The van der Waals surface area contributed by atoms with Gasteiger partial charge in [0, 0.05) is 12.6 Å². The summed E-state index contributed by atoms with van der Waals surface area (Å²) in [6.45, 7) is 10.6. The molecule has 0 saturated carbocycles. The third-order valence-corrected chi connectivity index (χ3v) is 4.40. The number of hydrogen-bond donors (Lipinski definition) is 0. The number of hydrogen-bond acceptors (Lipinski definition) is 3. The SMILES string of the molecule is C=CC(=O)N(Cc1cccc2c1CCOC2)c1ccnn1CC(C)C. The Balaban J connectivity index is 1.95. The van der Waals surface area contributed by atoms with Gasteiger partial charge in [0.05, 0.1) is 26.0 Å². The number of anilines is 1. The molecule has 0 saturated heterocycles. The smallest absolute Gasteiger partial charge is 0.251 e. The van der Waals surface area contributed by atoms with E-state index in [1.165, 1.54) is 17.2 Å². The molecule has 132 valence electrons. The summed E-state index contributed by atoms with van der Waals surface area (Å²) in [5.74, 6) is 1.14. The summed E-state index contributed by atoms with van der Waals surface area (Å²) in [5.41, 5.74) is 3.67. The van der Waals surface area contributed by atoms with E-state index in [1.54, 1.807) is 11.1 Å². The van der Waals surface area contributed by atoms with Crippen LogP contribution in [0.5, 0.6) is 0 Å². The zero-order valence-electron chi connectivity index (χ0n) is 14.9. The molecule has 1 aromatic heterocycles. The van der Waals surface area contributed by atoms with E-state index in [0.29, 0.717) is 19.1 Å². The molecule has 0 fully saturated rings. The van der Waals surface area contributed by atoms with Gasteiger partial charge in [-0.3, -0.25) is 9.69 Å². The molecule has 2 heterocycles. The van der Waals surface area contributed by atoms with Crippen molar-refractivity contribution in [3.8, 4) is 0 Å². The number of rotatable bonds is 6. The summed E-state index contributed by atoms with van der Waals surface area (Å²) in [6, 6.07) is 8.12. The number of aromatic nitrogens is 2. The number of nitrogens with zero attached hydrogens (tertiary/aromatic N) is 3. The molecule has 1 aliphatic rings. The number of carbonyl (C=O) groups is 1. The van der Waals surface area contributed by atoms with Gasteiger partial charge >= 0.3 is 0 Å². The zero-order chi connectivity index (χ0) is 17.8. The van der Waals surface area contributed by atoms with Crippen LogP contribution in [0, 0.1) is 5.92 Å². The number of ether oxygens (including phenoxy) is 1. The molecule has 1 aliphatic heterocycles. The van der Waals surface area contributed by atoms with Crippen LogP contribution in [0.4, 0.5) is 5.82 Å². The van der Waals surface area contributed by atoms with Gasteiger partial charge in [-0.2, -0.15) is 5.10 Å². The average Bonchev–Trinajstić information content (AvgIpc) is 3.06. The highest BCUT2D eigenvalue weighted by Gasteiger charge is 2.21. The second kappa shape index (κ2) is 7.66. The molecule has 0 bridgehead atoms. The number of benzene rings is 1. The number of amides is 1. The highest BCUT2D eigenvalue weighted by Crippen LogP contribution is 2.25. The van der Waals surface area contributed by atoms with Crippen molar-refractivity contribution in [1.29, 1.82) is 0 Å². The zero-order valence-corrected chi connectivity index (χ0v) is 14.9. The van der Waals surface area contributed by atoms with Crippen molar-refractivity contribution in [3.05, 3.63) is 59.8 Å². The molecule has 5 nitrogen and oxygen atoms in total. The molecule has 0 aliphatic carbocycles. The standard InChI is InChI=1S/C20H25N3O2/c1-4-20(24)22(19-8-10-21-23(19)12-15(2)3)13-16-6-5-7-17-14-25-11-9-18(16)17/h4-8,10,15H,1,9,11-14H2,2-3H3. The van der Waals surface area contributed by atoms with Crippen molar-refractivity contribution in [2.75, 3.05) is 11.5 Å². The predicted molar refractivity (Wildman–Crippen MR) is 98.3 cm³/mol. The third kappa shape index (κ3) is 3.82. The van der Waals surface area contributed by atoms with E-state index in [-0.39, 0.29) is 5.91 Å². The van der Waals surface area contributed by atoms with Crippen molar-refractivity contribution < 1.29 is 9.53 Å². The lowest BCUT2D eigenvalue weighted by molar-refractivity contribution is -0.114. The van der Waals surface area contributed by atoms with Crippen LogP contribution in [-0.4, -0.2) is 22.3 Å². The van der Waals surface area contributed by atoms with E-state index >= 15 is 0 Å². The maximum Gasteiger partial charge on any atom is 0.251 e. The van der Waals surface area contributed by atoms with Crippen molar-refractivity contribution in [2.24, 2.45) is 5.92 Å². The highest BCUT2D eigenvalue weighted by molar-refractivity contribution is 6.00. The maximum atomic E-state index is 12.6. The Morgan fingerprint density at radius 1 is 1.44 bits per heavy atom. The van der Waals surface area contributed by atoms with E-state index in [4.69, 9.17) is 4.74 Å². The summed E-state index contributed by atoms with van der Waals surface area (Å²) in [5, 5.41) is 4.39. The molecule has 2 aromatic rings. The Bertz CT molecular complexity index is 764. The molecule has 5 heteroatoms. The lowest BCUT2D eigenvalue weighted by Gasteiger charge is -2.26. The van der Waals surface area contributed by atoms with Crippen LogP contribution in [0.25, 0.3) is 0 Å². The quantitative estimate of drug-likeness (QED) is 0.759. The minimum atomic E-state index is -0.116. The first-order valence-corrected chi connectivity index (χ1v) is 8.73. The van der Waals surface area contributed by atoms with Crippen molar-refractivity contribution in [2.45, 2.75) is 40.0 Å². The first-order chi connectivity index (χ1) is 12.1. The Labute approximate surface area is 148 Å². The van der Waals surface area contributed by atoms with Gasteiger partial charge in [0.15, 0.2) is 0 Å². The van der Waals surface area contributed by atoms with Gasteiger partial charge in [0.25, 0.3) is 5.91 Å². The largest absolute Gasteiger partial charge is 0.376 e. The molecule has 1 amide bonds. The maximum absolute atomic E-state index is 12.6. The third-order valence-electron chi connectivity index (χ3n) is 4.40. The molecule has 0 atom stereocenters. The van der Waals surface area contributed by atoms with Gasteiger partial charge in [-0.1, -0.05) is 38.6 Å². The summed E-state index contributed by atoms with van der Waals surface area (Å²) >= 11 is 0. The Hall–Kier alpha value is -2.40. The molecular formula is C20H25N3O2. The van der Waals surface area contributed by atoms with E-state index in [0.717, 1.165) is 31.0 Å². The van der Waals surface area contributed by atoms with Crippen LogP contribution in [0.1, 0.15) is 30.5 Å². The van der Waals surface area contributed by atoms with Gasteiger partial charge in [-0.05, 0) is 35.1 Å². The van der Waals surface area contributed by atoms with Crippen LogP contribution >= 0.6 is 0 Å². The van der Waals surface area contributed by atoms with Crippen LogP contribution in [-0.2, 0) is 35.6 Å². The number of fused-ring (bicyclic) bond motifs is 1. The second-order valence-corrected chi connectivity index (χ2v) is 6.75. The Morgan fingerprint density at radius 3 is 3.04 bits per heavy atom. The minimum absolute atomic E-state index is 0.116. The van der Waals surface area contributed by atoms with E-state index < -0.39 is 0 Å². The molecule has 0 unspecified atom stereocenters. The molecule has 0 N–H and O–H groups in total. The molecule has 25 heavy (non-hydrogen) atoms. The van der Waals surface area contributed by atoms with E-state index in [9.17, 15) is 4.79 Å². The van der Waals surface area contributed by atoms with Gasteiger partial charge in [0.2, 0.25) is 0 Å². The average molecular weight is 339 g/mol. The fourth-order valence-corrected chi connectivity index (χ4v) is 3.24. The van der Waals surface area contributed by atoms with E-state index in [2.05, 4.69) is 37.7 Å². The molecule has 0 radical (unpaired) electrons. The van der Waals surface area contributed by atoms with Gasteiger partial charge in [-0.15, -0.1) is 0 Å². The highest BCUT2D eigenvalue weighted by atomic mass is 16.5. The van der Waals surface area contributed by atoms with Crippen LogP contribution in [0.3, 0.4) is 0 Å². The van der Waals surface area contributed by atoms with E-state index in [1.807, 2.05) is 16.8 Å². The van der Waals surface area contributed by atoms with Gasteiger partial charge in [-0.25, -0.2) is 4.68 Å². The molecule has 0 spiro atoms. The van der Waals surface area contributed by atoms with Crippen LogP contribution < -0.4 is 4.90 Å². The van der Waals surface area contributed by atoms with Crippen molar-refractivity contribution in [1.82, 2.24) is 9.78 Å².